The van der Waals surface area contributed by atoms with Crippen LogP contribution in [0.25, 0.3) is 0 Å². The van der Waals surface area contributed by atoms with Crippen LogP contribution < -0.4 is 15.4 Å². The fourth-order valence-electron chi connectivity index (χ4n) is 4.29. The molecule has 0 radical (unpaired) electrons. The van der Waals surface area contributed by atoms with Crippen LogP contribution in [0, 0.1) is 5.82 Å². The Hall–Kier alpha value is -4.98. The van der Waals surface area contributed by atoms with Gasteiger partial charge in [0.25, 0.3) is 0 Å². The number of amides is 1. The van der Waals surface area contributed by atoms with Crippen LogP contribution in [0.15, 0.2) is 103 Å². The number of carboxylic acids is 1. The number of halogens is 1. The van der Waals surface area contributed by atoms with Crippen molar-refractivity contribution in [1.29, 1.82) is 0 Å². The first-order valence-electron chi connectivity index (χ1n) is 13.3. The monoisotopic (exact) mass is 554 g/mol. The largest absolute Gasteiger partial charge is 0.492 e. The maximum absolute atomic E-state index is 13.7. The minimum Gasteiger partial charge on any atom is -0.492 e. The Morgan fingerprint density at radius 3 is 2.24 bits per heavy atom. The van der Waals surface area contributed by atoms with Gasteiger partial charge >= 0.3 is 5.97 Å². The lowest BCUT2D eigenvalue weighted by atomic mass is 10.00. The zero-order valence-corrected chi connectivity index (χ0v) is 22.4. The van der Waals surface area contributed by atoms with Gasteiger partial charge in [0.15, 0.2) is 5.78 Å². The minimum atomic E-state index is -1.04. The van der Waals surface area contributed by atoms with Gasteiger partial charge < -0.3 is 20.5 Å². The first kappa shape index (κ1) is 29.0. The molecule has 1 amide bonds. The average molecular weight is 555 g/mol. The third kappa shape index (κ3) is 8.50. The van der Waals surface area contributed by atoms with E-state index in [0.29, 0.717) is 41.1 Å². The van der Waals surface area contributed by atoms with Crippen molar-refractivity contribution in [3.63, 3.8) is 0 Å². The molecule has 4 rings (SSSR count). The lowest BCUT2D eigenvalue weighted by Crippen LogP contribution is -2.32. The number of benzene rings is 4. The Morgan fingerprint density at radius 2 is 1.51 bits per heavy atom. The number of nitrogens with one attached hydrogen (secondary N) is 2. The first-order valence-corrected chi connectivity index (χ1v) is 13.3. The summed E-state index contributed by atoms with van der Waals surface area (Å²) in [6.45, 7) is 0.542. The number of anilines is 1. The Morgan fingerprint density at radius 1 is 0.829 bits per heavy atom. The molecule has 0 fully saturated rings. The van der Waals surface area contributed by atoms with Gasteiger partial charge in [-0.3, -0.25) is 9.59 Å². The van der Waals surface area contributed by atoms with Gasteiger partial charge in [-0.05, 0) is 47.9 Å². The molecule has 3 N–H and O–H groups in total. The maximum atomic E-state index is 13.7. The number of carboxylic acid groups (broad SMARTS) is 1. The van der Waals surface area contributed by atoms with E-state index in [4.69, 9.17) is 4.74 Å². The van der Waals surface area contributed by atoms with E-state index in [1.165, 1.54) is 6.07 Å². The van der Waals surface area contributed by atoms with Crippen LogP contribution in [0.3, 0.4) is 0 Å². The summed E-state index contributed by atoms with van der Waals surface area (Å²) in [7, 11) is 0. The summed E-state index contributed by atoms with van der Waals surface area (Å²) in [4.78, 5) is 37.1. The summed E-state index contributed by atoms with van der Waals surface area (Å²) in [6, 6.07) is 28.2. The second-order valence-corrected chi connectivity index (χ2v) is 9.41. The molecule has 0 heterocycles. The van der Waals surface area contributed by atoms with Crippen LogP contribution in [0.1, 0.15) is 33.5 Å². The predicted molar refractivity (Wildman–Crippen MR) is 155 cm³/mol. The van der Waals surface area contributed by atoms with Crippen molar-refractivity contribution < 1.29 is 28.6 Å². The smallest absolute Gasteiger partial charge is 0.326 e. The second kappa shape index (κ2) is 14.4. The molecule has 7 nitrogen and oxygen atoms in total. The quantitative estimate of drug-likeness (QED) is 0.145. The lowest BCUT2D eigenvalue weighted by Gasteiger charge is -2.18. The topological polar surface area (TPSA) is 105 Å². The molecular weight excluding hydrogens is 523 g/mol. The molecular formula is C33H31FN2O5. The average Bonchev–Trinajstić information content (AvgIpc) is 2.99. The fraction of sp³-hybridized carbons (Fsp3) is 0.182. The van der Waals surface area contributed by atoms with Crippen molar-refractivity contribution in [2.45, 2.75) is 25.3 Å². The van der Waals surface area contributed by atoms with Crippen molar-refractivity contribution >= 4 is 23.3 Å². The minimum absolute atomic E-state index is 0.180. The number of para-hydroxylation sites is 1. The predicted octanol–water partition coefficient (Wildman–Crippen LogP) is 5.29. The first-order chi connectivity index (χ1) is 19.9. The summed E-state index contributed by atoms with van der Waals surface area (Å²) in [6.07, 6.45) is 0.683. The number of carbonyl (C=O) groups excluding carboxylic acids is 2. The molecule has 0 aliphatic carbocycles. The van der Waals surface area contributed by atoms with E-state index in [-0.39, 0.29) is 37.0 Å². The number of aliphatic carboxylic acids is 1. The number of aryl methyl sites for hydroxylation is 1. The van der Waals surface area contributed by atoms with Crippen LogP contribution in [0.5, 0.6) is 5.75 Å². The van der Waals surface area contributed by atoms with E-state index in [1.54, 1.807) is 91.0 Å². The van der Waals surface area contributed by atoms with Crippen molar-refractivity contribution in [3.8, 4) is 5.75 Å². The number of hydrogen-bond donors (Lipinski definition) is 3. The molecule has 210 valence electrons. The third-order valence-electron chi connectivity index (χ3n) is 6.47. The molecule has 0 aliphatic heterocycles. The molecule has 0 aliphatic rings. The molecule has 0 saturated carbocycles. The van der Waals surface area contributed by atoms with E-state index in [2.05, 4.69) is 10.6 Å². The van der Waals surface area contributed by atoms with Crippen LogP contribution in [0.2, 0.25) is 0 Å². The highest BCUT2D eigenvalue weighted by Crippen LogP contribution is 2.22. The number of carbonyl (C=O) groups is 3. The van der Waals surface area contributed by atoms with Gasteiger partial charge in [-0.25, -0.2) is 9.18 Å². The van der Waals surface area contributed by atoms with Crippen LogP contribution in [-0.4, -0.2) is 42.0 Å². The van der Waals surface area contributed by atoms with Crippen LogP contribution >= 0.6 is 0 Å². The van der Waals surface area contributed by atoms with E-state index >= 15 is 0 Å². The van der Waals surface area contributed by atoms with Gasteiger partial charge in [0.2, 0.25) is 5.91 Å². The Labute approximate surface area is 238 Å². The highest BCUT2D eigenvalue weighted by Gasteiger charge is 2.21. The van der Waals surface area contributed by atoms with Crippen molar-refractivity contribution in [2.75, 3.05) is 18.5 Å². The number of ketones is 1. The van der Waals surface area contributed by atoms with Gasteiger partial charge in [0.1, 0.15) is 24.2 Å². The zero-order chi connectivity index (χ0) is 29.0. The van der Waals surface area contributed by atoms with Gasteiger partial charge in [-0.2, -0.15) is 0 Å². The summed E-state index contributed by atoms with van der Waals surface area (Å²) in [5.74, 6) is -1.17. The second-order valence-electron chi connectivity index (χ2n) is 9.41. The number of hydrogen-bond acceptors (Lipinski definition) is 5. The number of ether oxygens (including phenoxy) is 1. The summed E-state index contributed by atoms with van der Waals surface area (Å²) < 4.78 is 19.4. The Bertz CT molecular complexity index is 1470. The molecule has 41 heavy (non-hydrogen) atoms. The molecule has 4 aromatic rings. The van der Waals surface area contributed by atoms with Crippen molar-refractivity contribution in [3.05, 3.63) is 131 Å². The number of rotatable bonds is 14. The third-order valence-corrected chi connectivity index (χ3v) is 6.47. The lowest BCUT2D eigenvalue weighted by molar-refractivity contribution is -0.137. The highest BCUT2D eigenvalue weighted by atomic mass is 19.1. The molecule has 0 spiro atoms. The fourth-order valence-corrected chi connectivity index (χ4v) is 4.29. The molecule has 0 unspecified atom stereocenters. The Balaban J connectivity index is 1.27. The molecule has 8 heteroatoms. The van der Waals surface area contributed by atoms with Gasteiger partial charge in [0.05, 0.1) is 6.54 Å². The molecule has 0 aromatic heterocycles. The standard InChI is InChI=1S/C33H31FN2O5/c34-28-12-6-4-8-24(28)16-19-31(37)35-20-21-41-26-17-14-23(15-18-26)22-30(33(39)40)36-29-13-7-5-11-27(29)32(38)25-9-2-1-3-10-25/h1-15,17-18,30,36H,16,19-22H2,(H,35,37)(H,39,40)/t30-/m0/s1. The van der Waals surface area contributed by atoms with Gasteiger partial charge in [0, 0.05) is 29.7 Å². The van der Waals surface area contributed by atoms with E-state index in [9.17, 15) is 23.9 Å². The van der Waals surface area contributed by atoms with Crippen LogP contribution in [0.4, 0.5) is 10.1 Å². The SMILES string of the molecule is O=C(CCc1ccccc1F)NCCOc1ccc(C[C@H](Nc2ccccc2C(=O)c2ccccc2)C(=O)O)cc1. The molecule has 0 saturated heterocycles. The Kier molecular flexibility index (Phi) is 10.2. The zero-order valence-electron chi connectivity index (χ0n) is 22.4. The molecule has 0 bridgehead atoms. The summed E-state index contributed by atoms with van der Waals surface area (Å²) in [5, 5.41) is 15.7. The van der Waals surface area contributed by atoms with Crippen LogP contribution in [-0.2, 0) is 22.4 Å². The molecule has 4 aromatic carbocycles. The highest BCUT2D eigenvalue weighted by molar-refractivity contribution is 6.12. The maximum Gasteiger partial charge on any atom is 0.326 e. The summed E-state index contributed by atoms with van der Waals surface area (Å²) in [5.41, 5.74) is 2.64. The van der Waals surface area contributed by atoms with Crippen molar-refractivity contribution in [2.24, 2.45) is 0 Å². The van der Waals surface area contributed by atoms with E-state index in [0.717, 1.165) is 5.56 Å². The van der Waals surface area contributed by atoms with Gasteiger partial charge in [-0.1, -0.05) is 72.8 Å². The van der Waals surface area contributed by atoms with Crippen molar-refractivity contribution in [1.82, 2.24) is 5.32 Å². The van der Waals surface area contributed by atoms with E-state index in [1.807, 2.05) is 6.07 Å². The molecule has 1 atom stereocenters. The normalized spacial score (nSPS) is 11.3. The summed E-state index contributed by atoms with van der Waals surface area (Å²) >= 11 is 0. The van der Waals surface area contributed by atoms with E-state index < -0.39 is 12.0 Å². The van der Waals surface area contributed by atoms with Gasteiger partial charge in [-0.15, -0.1) is 0 Å².